The summed E-state index contributed by atoms with van der Waals surface area (Å²) in [5, 5.41) is 0. The standard InChI is InChI=1S/C35H62INO3S/c1-5-8-10-12-13-14-15-16-17-18-19-25-33(38)40-29(4)32(7-3)30-23-20-21-24-31(27-30)34-35(36-28-41-37-34)39-26-22-11-9-6-2/h24,29-30,32H,5-23,25-28H2,1-4H3/t29-,30?,32?/m1/s1. The van der Waals surface area contributed by atoms with Crippen molar-refractivity contribution in [1.82, 2.24) is 0 Å². The fraction of sp³-hybridized carbons (Fsp3) is 0.857. The second-order valence-electron chi connectivity index (χ2n) is 12.2. The van der Waals surface area contributed by atoms with Gasteiger partial charge in [-0.25, -0.2) is 4.40 Å². The van der Waals surface area contributed by atoms with Gasteiger partial charge in [-0.2, -0.15) is 0 Å². The van der Waals surface area contributed by atoms with Crippen molar-refractivity contribution >= 4 is 48.1 Å². The smallest absolute Gasteiger partial charge is 0.306 e. The average molecular weight is 704 g/mol. The Balaban J connectivity index is 1.75. The van der Waals surface area contributed by atoms with E-state index < -0.39 is 0 Å². The number of alkyl halides is 1. The highest BCUT2D eigenvalue weighted by atomic mass is 127. The molecule has 6 heteroatoms. The number of halogens is 1. The Bertz CT molecular complexity index is 796. The molecule has 2 rings (SSSR count). The van der Waals surface area contributed by atoms with Crippen LogP contribution in [0.2, 0.25) is 0 Å². The SMILES string of the molecule is CCCCCCCCCCCCCC(=O)O[C@H](C)C(CC)C1CCCC=C(C2=NSCI=C2OCCCCCC)C1. The lowest BCUT2D eigenvalue weighted by molar-refractivity contribution is -0.152. The maximum Gasteiger partial charge on any atom is 0.306 e. The topological polar surface area (TPSA) is 47.9 Å². The van der Waals surface area contributed by atoms with Gasteiger partial charge in [0, 0.05) is 6.42 Å². The zero-order valence-electron chi connectivity index (χ0n) is 27.0. The van der Waals surface area contributed by atoms with E-state index in [1.807, 2.05) is 0 Å². The lowest BCUT2D eigenvalue weighted by Gasteiger charge is -2.31. The van der Waals surface area contributed by atoms with Gasteiger partial charge >= 0.3 is 5.97 Å². The molecule has 4 nitrogen and oxygen atoms in total. The predicted octanol–water partition coefficient (Wildman–Crippen LogP) is 11.5. The summed E-state index contributed by atoms with van der Waals surface area (Å²) in [5.41, 5.74) is 2.55. The Labute approximate surface area is 267 Å². The second kappa shape index (κ2) is 24.2. The van der Waals surface area contributed by atoms with Crippen molar-refractivity contribution in [2.24, 2.45) is 16.2 Å². The number of unbranched alkanes of at least 4 members (excludes halogenated alkanes) is 13. The first-order chi connectivity index (χ1) is 20.1. The van der Waals surface area contributed by atoms with Crippen molar-refractivity contribution in [3.63, 3.8) is 0 Å². The summed E-state index contributed by atoms with van der Waals surface area (Å²) in [6, 6.07) is 0. The van der Waals surface area contributed by atoms with Crippen LogP contribution in [0.4, 0.5) is 0 Å². The molecule has 3 atom stereocenters. The fourth-order valence-electron chi connectivity index (χ4n) is 6.26. The van der Waals surface area contributed by atoms with Gasteiger partial charge < -0.3 is 9.47 Å². The molecule has 0 bridgehead atoms. The number of hydrogen-bond acceptors (Lipinski definition) is 5. The zero-order valence-corrected chi connectivity index (χ0v) is 30.0. The first kappa shape index (κ1) is 37.0. The minimum Gasteiger partial charge on any atom is -0.462 e. The molecule has 0 saturated carbocycles. The monoisotopic (exact) mass is 703 g/mol. The van der Waals surface area contributed by atoms with E-state index >= 15 is 0 Å². The van der Waals surface area contributed by atoms with E-state index in [-0.39, 0.29) is 32.8 Å². The largest absolute Gasteiger partial charge is 0.462 e. The summed E-state index contributed by atoms with van der Waals surface area (Å²) in [6.45, 7) is 9.77. The number of carbonyl (C=O) groups excluding carboxylic acids is 1. The van der Waals surface area contributed by atoms with Crippen LogP contribution in [0.5, 0.6) is 0 Å². The first-order valence-electron chi connectivity index (χ1n) is 17.3. The summed E-state index contributed by atoms with van der Waals surface area (Å²) < 4.78 is 19.7. The van der Waals surface area contributed by atoms with Crippen LogP contribution < -0.4 is 0 Å². The van der Waals surface area contributed by atoms with E-state index in [4.69, 9.17) is 13.9 Å². The molecule has 0 spiro atoms. The lowest BCUT2D eigenvalue weighted by Crippen LogP contribution is -2.31. The molecule has 2 aliphatic rings. The third-order valence-corrected chi connectivity index (χ3v) is 12.5. The van der Waals surface area contributed by atoms with Gasteiger partial charge in [0.2, 0.25) is 0 Å². The summed E-state index contributed by atoms with van der Waals surface area (Å²) in [5.74, 6) is 0.918. The summed E-state index contributed by atoms with van der Waals surface area (Å²) >= 11 is 1.62. The molecule has 0 radical (unpaired) electrons. The van der Waals surface area contributed by atoms with Crippen LogP contribution >= 0.6 is 32.7 Å². The molecule has 0 N–H and O–H groups in total. The highest BCUT2D eigenvalue weighted by molar-refractivity contribution is 14.2. The zero-order chi connectivity index (χ0) is 29.5. The van der Waals surface area contributed by atoms with Gasteiger partial charge in [0.1, 0.15) is 15.5 Å². The summed E-state index contributed by atoms with van der Waals surface area (Å²) in [4.78, 5) is 12.7. The predicted molar refractivity (Wildman–Crippen MR) is 189 cm³/mol. The van der Waals surface area contributed by atoms with Crippen LogP contribution in [-0.2, 0) is 14.3 Å². The molecule has 1 aliphatic carbocycles. The molecular formula is C35H62INO3S. The summed E-state index contributed by atoms with van der Waals surface area (Å²) in [7, 11) is 0. The average Bonchev–Trinajstić information content (AvgIpc) is 3.22. The van der Waals surface area contributed by atoms with Crippen LogP contribution in [-0.4, -0.2) is 31.8 Å². The minimum absolute atomic E-state index is 0.00108. The van der Waals surface area contributed by atoms with Crippen molar-refractivity contribution in [3.05, 3.63) is 11.6 Å². The number of nitrogens with zero attached hydrogens (tertiary/aromatic N) is 1. The number of carbonyl (C=O) groups is 1. The Kier molecular flexibility index (Phi) is 21.8. The molecule has 0 aromatic carbocycles. The Morgan fingerprint density at radius 3 is 2.24 bits per heavy atom. The Morgan fingerprint density at radius 2 is 1.59 bits per heavy atom. The van der Waals surface area contributed by atoms with Crippen molar-refractivity contribution in [3.8, 4) is 0 Å². The van der Waals surface area contributed by atoms with E-state index in [0.717, 1.165) is 54.6 Å². The maximum atomic E-state index is 12.7. The lowest BCUT2D eigenvalue weighted by atomic mass is 9.79. The van der Waals surface area contributed by atoms with Gasteiger partial charge in [0.25, 0.3) is 0 Å². The molecule has 1 aliphatic heterocycles. The molecule has 0 saturated heterocycles. The van der Waals surface area contributed by atoms with E-state index in [1.54, 1.807) is 11.9 Å². The van der Waals surface area contributed by atoms with Crippen LogP contribution in [0.3, 0.4) is 0 Å². The number of allylic oxidation sites excluding steroid dienone is 1. The van der Waals surface area contributed by atoms with Gasteiger partial charge in [0.05, 0.1) is 10.4 Å². The van der Waals surface area contributed by atoms with E-state index in [2.05, 4.69) is 33.8 Å². The normalized spacial score (nSPS) is 19.3. The first-order valence-corrected chi connectivity index (χ1v) is 20.8. The van der Waals surface area contributed by atoms with Crippen molar-refractivity contribution in [2.75, 3.05) is 10.4 Å². The third-order valence-electron chi connectivity index (χ3n) is 8.73. The quantitative estimate of drug-likeness (QED) is 0.0349. The molecule has 2 unspecified atom stereocenters. The highest BCUT2D eigenvalue weighted by Gasteiger charge is 2.31. The summed E-state index contributed by atoms with van der Waals surface area (Å²) in [6.07, 6.45) is 27.8. The molecule has 0 aromatic heterocycles. The van der Waals surface area contributed by atoms with Crippen LogP contribution in [0.15, 0.2) is 16.0 Å². The number of esters is 1. The van der Waals surface area contributed by atoms with Crippen molar-refractivity contribution in [1.29, 1.82) is 0 Å². The molecule has 1 heterocycles. The van der Waals surface area contributed by atoms with Crippen LogP contribution in [0.25, 0.3) is 0 Å². The third kappa shape index (κ3) is 15.9. The molecular weight excluding hydrogens is 641 g/mol. The van der Waals surface area contributed by atoms with Gasteiger partial charge in [-0.1, -0.05) is 131 Å². The minimum atomic E-state index is -0.112. The highest BCUT2D eigenvalue weighted by Crippen LogP contribution is 2.36. The van der Waals surface area contributed by atoms with Crippen LogP contribution in [0, 0.1) is 11.8 Å². The molecule has 0 fully saturated rings. The van der Waals surface area contributed by atoms with Gasteiger partial charge in [-0.15, -0.1) is 0 Å². The van der Waals surface area contributed by atoms with Crippen molar-refractivity contribution < 1.29 is 14.3 Å². The van der Waals surface area contributed by atoms with Crippen LogP contribution in [0.1, 0.15) is 163 Å². The van der Waals surface area contributed by atoms with E-state index in [9.17, 15) is 4.79 Å². The van der Waals surface area contributed by atoms with E-state index in [1.165, 1.54) is 99.2 Å². The Hall–Kier alpha value is -0.210. The Morgan fingerprint density at radius 1 is 0.951 bits per heavy atom. The molecule has 238 valence electrons. The van der Waals surface area contributed by atoms with Gasteiger partial charge in [-0.05, 0) is 81.2 Å². The number of hydrogen-bond donors (Lipinski definition) is 0. The number of ether oxygens (including phenoxy) is 2. The van der Waals surface area contributed by atoms with Gasteiger partial charge in [0.15, 0.2) is 0 Å². The van der Waals surface area contributed by atoms with E-state index in [0.29, 0.717) is 18.3 Å². The molecule has 0 amide bonds. The number of rotatable bonds is 23. The maximum absolute atomic E-state index is 12.7. The second-order valence-corrected chi connectivity index (χ2v) is 16.4. The molecule has 0 aromatic rings. The van der Waals surface area contributed by atoms with Gasteiger partial charge in [-0.3, -0.25) is 4.79 Å². The van der Waals surface area contributed by atoms with Crippen molar-refractivity contribution in [2.45, 2.75) is 169 Å². The fourth-order valence-corrected chi connectivity index (χ4v) is 9.91. The molecule has 41 heavy (non-hydrogen) atoms.